The first-order valence-corrected chi connectivity index (χ1v) is 8.61. The largest absolute Gasteiger partial charge is 0.497 e. The Morgan fingerprint density at radius 1 is 0.964 bits per heavy atom. The van der Waals surface area contributed by atoms with Crippen LogP contribution in [0.3, 0.4) is 0 Å². The number of benzene rings is 2. The molecule has 0 saturated heterocycles. The molecule has 8 heteroatoms. The fourth-order valence-corrected chi connectivity index (χ4v) is 2.13. The van der Waals surface area contributed by atoms with Gasteiger partial charge in [0.05, 0.1) is 20.1 Å². The minimum Gasteiger partial charge on any atom is -0.497 e. The van der Waals surface area contributed by atoms with Crippen molar-refractivity contribution in [1.82, 2.24) is 5.32 Å². The van der Waals surface area contributed by atoms with Gasteiger partial charge in [0.1, 0.15) is 11.5 Å². The summed E-state index contributed by atoms with van der Waals surface area (Å²) in [6.45, 7) is 1.47. The highest BCUT2D eigenvalue weighted by Crippen LogP contribution is 2.17. The van der Waals surface area contributed by atoms with E-state index >= 15 is 0 Å². The van der Waals surface area contributed by atoms with E-state index in [0.29, 0.717) is 17.2 Å². The molecule has 8 nitrogen and oxygen atoms in total. The molecule has 3 amide bonds. The number of hydrogen-bond donors (Lipinski definition) is 2. The van der Waals surface area contributed by atoms with Gasteiger partial charge in [0.2, 0.25) is 0 Å². The zero-order valence-corrected chi connectivity index (χ0v) is 15.6. The average Bonchev–Trinajstić information content (AvgIpc) is 2.69. The molecule has 0 fully saturated rings. The number of carbonyl (C=O) groups excluding carboxylic acids is 3. The summed E-state index contributed by atoms with van der Waals surface area (Å²) in [6.07, 6.45) is -1.16. The van der Waals surface area contributed by atoms with Crippen LogP contribution in [0.5, 0.6) is 11.5 Å². The van der Waals surface area contributed by atoms with Crippen molar-refractivity contribution in [2.75, 3.05) is 19.0 Å². The standard InChI is InChI=1S/C20H22N2O6/c1-14(19(24)22-20(25)21-15-6-4-3-5-7-15)28-18(23)12-13-27-17-10-8-16(26-2)9-11-17/h3-11,14H,12-13H2,1-2H3,(H2,21,22,24,25). The van der Waals surface area contributed by atoms with E-state index in [2.05, 4.69) is 10.6 Å². The second kappa shape index (κ2) is 10.6. The topological polar surface area (TPSA) is 103 Å². The van der Waals surface area contributed by atoms with Gasteiger partial charge in [-0.05, 0) is 43.3 Å². The maximum Gasteiger partial charge on any atom is 0.325 e. The molecule has 2 aromatic rings. The van der Waals surface area contributed by atoms with Gasteiger partial charge in [-0.3, -0.25) is 14.9 Å². The molecule has 148 valence electrons. The van der Waals surface area contributed by atoms with Gasteiger partial charge < -0.3 is 19.5 Å². The molecule has 0 radical (unpaired) electrons. The lowest BCUT2D eigenvalue weighted by Crippen LogP contribution is -2.41. The van der Waals surface area contributed by atoms with E-state index in [-0.39, 0.29) is 13.0 Å². The van der Waals surface area contributed by atoms with Crippen LogP contribution in [0.4, 0.5) is 10.5 Å². The number of amides is 3. The van der Waals surface area contributed by atoms with Crippen molar-refractivity contribution in [3.8, 4) is 11.5 Å². The highest BCUT2D eigenvalue weighted by molar-refractivity contribution is 6.02. The van der Waals surface area contributed by atoms with E-state index in [1.54, 1.807) is 61.7 Å². The lowest BCUT2D eigenvalue weighted by atomic mass is 10.3. The van der Waals surface area contributed by atoms with Crippen molar-refractivity contribution < 1.29 is 28.6 Å². The van der Waals surface area contributed by atoms with E-state index in [1.807, 2.05) is 0 Å². The molecule has 2 aromatic carbocycles. The van der Waals surface area contributed by atoms with E-state index < -0.39 is 24.0 Å². The average molecular weight is 386 g/mol. The van der Waals surface area contributed by atoms with Gasteiger partial charge in [-0.1, -0.05) is 18.2 Å². The molecule has 1 unspecified atom stereocenters. The van der Waals surface area contributed by atoms with E-state index in [0.717, 1.165) is 0 Å². The summed E-state index contributed by atoms with van der Waals surface area (Å²) in [5.74, 6) is -0.0580. The maximum atomic E-state index is 11.9. The molecule has 0 aliphatic carbocycles. The number of rotatable bonds is 8. The van der Waals surface area contributed by atoms with Crippen LogP contribution in [0.2, 0.25) is 0 Å². The Labute approximate surface area is 162 Å². The zero-order chi connectivity index (χ0) is 20.4. The normalized spacial score (nSPS) is 11.1. The molecule has 0 aliphatic heterocycles. The second-order valence-corrected chi connectivity index (χ2v) is 5.72. The molecular formula is C20H22N2O6. The number of methoxy groups -OCH3 is 1. The molecule has 2 N–H and O–H groups in total. The molecule has 1 atom stereocenters. The number of esters is 1. The summed E-state index contributed by atoms with van der Waals surface area (Å²) in [5.41, 5.74) is 0.535. The van der Waals surface area contributed by atoms with Gasteiger partial charge in [-0.15, -0.1) is 0 Å². The second-order valence-electron chi connectivity index (χ2n) is 5.72. The molecule has 0 aliphatic rings. The van der Waals surface area contributed by atoms with Crippen molar-refractivity contribution in [3.05, 3.63) is 54.6 Å². The van der Waals surface area contributed by atoms with Gasteiger partial charge in [-0.2, -0.15) is 0 Å². The SMILES string of the molecule is COc1ccc(OCCC(=O)OC(C)C(=O)NC(=O)Nc2ccccc2)cc1. The summed E-state index contributed by atoms with van der Waals surface area (Å²) < 4.78 is 15.5. The first-order valence-electron chi connectivity index (χ1n) is 8.61. The number of nitrogens with one attached hydrogen (secondary N) is 2. The van der Waals surface area contributed by atoms with Crippen molar-refractivity contribution in [3.63, 3.8) is 0 Å². The van der Waals surface area contributed by atoms with Crippen LogP contribution < -0.4 is 20.1 Å². The Kier molecular flexibility index (Phi) is 7.83. The van der Waals surface area contributed by atoms with Gasteiger partial charge in [0, 0.05) is 5.69 Å². The van der Waals surface area contributed by atoms with Crippen molar-refractivity contribution >= 4 is 23.6 Å². The number of anilines is 1. The van der Waals surface area contributed by atoms with E-state index in [4.69, 9.17) is 14.2 Å². The van der Waals surface area contributed by atoms with Crippen LogP contribution >= 0.6 is 0 Å². The van der Waals surface area contributed by atoms with Gasteiger partial charge in [0.15, 0.2) is 6.10 Å². The van der Waals surface area contributed by atoms with Gasteiger partial charge >= 0.3 is 12.0 Å². The lowest BCUT2D eigenvalue weighted by Gasteiger charge is -2.13. The predicted octanol–water partition coefficient (Wildman–Crippen LogP) is 2.74. The molecule has 0 spiro atoms. The lowest BCUT2D eigenvalue weighted by molar-refractivity contribution is -0.154. The van der Waals surface area contributed by atoms with Crippen molar-refractivity contribution in [1.29, 1.82) is 0 Å². The molecule has 0 aromatic heterocycles. The fourth-order valence-electron chi connectivity index (χ4n) is 2.13. The Morgan fingerprint density at radius 3 is 2.25 bits per heavy atom. The predicted molar refractivity (Wildman–Crippen MR) is 102 cm³/mol. The molecule has 0 bridgehead atoms. The maximum absolute atomic E-state index is 11.9. The van der Waals surface area contributed by atoms with Crippen LogP contribution in [-0.2, 0) is 14.3 Å². The third-order valence-electron chi connectivity index (χ3n) is 3.58. The molecular weight excluding hydrogens is 364 g/mol. The first kappa shape index (κ1) is 20.8. The minimum atomic E-state index is -1.12. The Balaban J connectivity index is 1.68. The Hall–Kier alpha value is -3.55. The van der Waals surface area contributed by atoms with Crippen molar-refractivity contribution in [2.45, 2.75) is 19.4 Å². The summed E-state index contributed by atoms with van der Waals surface area (Å²) in [4.78, 5) is 35.5. The number of urea groups is 1. The smallest absolute Gasteiger partial charge is 0.325 e. The van der Waals surface area contributed by atoms with E-state index in [1.165, 1.54) is 6.92 Å². The summed E-state index contributed by atoms with van der Waals surface area (Å²) >= 11 is 0. The van der Waals surface area contributed by atoms with Gasteiger partial charge in [0.25, 0.3) is 5.91 Å². The number of carbonyl (C=O) groups is 3. The van der Waals surface area contributed by atoms with Crippen LogP contribution in [0.1, 0.15) is 13.3 Å². The third kappa shape index (κ3) is 6.99. The monoisotopic (exact) mass is 386 g/mol. The Bertz CT molecular complexity index is 792. The molecule has 0 saturated carbocycles. The molecule has 0 heterocycles. The number of para-hydroxylation sites is 1. The van der Waals surface area contributed by atoms with E-state index in [9.17, 15) is 14.4 Å². The highest BCUT2D eigenvalue weighted by Gasteiger charge is 2.20. The van der Waals surface area contributed by atoms with Crippen LogP contribution in [0.15, 0.2) is 54.6 Å². The van der Waals surface area contributed by atoms with Crippen LogP contribution in [0, 0.1) is 0 Å². The zero-order valence-electron chi connectivity index (χ0n) is 15.6. The Morgan fingerprint density at radius 2 is 1.61 bits per heavy atom. The van der Waals surface area contributed by atoms with Crippen LogP contribution in [-0.4, -0.2) is 37.7 Å². The molecule has 28 heavy (non-hydrogen) atoms. The quantitative estimate of drug-likeness (QED) is 0.676. The summed E-state index contributed by atoms with van der Waals surface area (Å²) in [6, 6.07) is 14.8. The highest BCUT2D eigenvalue weighted by atomic mass is 16.6. The third-order valence-corrected chi connectivity index (χ3v) is 3.58. The number of ether oxygens (including phenoxy) is 3. The molecule has 2 rings (SSSR count). The van der Waals surface area contributed by atoms with Gasteiger partial charge in [-0.25, -0.2) is 4.79 Å². The summed E-state index contributed by atoms with van der Waals surface area (Å²) in [5, 5.41) is 4.62. The number of hydrogen-bond acceptors (Lipinski definition) is 6. The first-order chi connectivity index (χ1) is 13.5. The van der Waals surface area contributed by atoms with Crippen molar-refractivity contribution in [2.24, 2.45) is 0 Å². The summed E-state index contributed by atoms with van der Waals surface area (Å²) in [7, 11) is 1.56. The number of imide groups is 1. The minimum absolute atomic E-state index is 0.0418. The van der Waals surface area contributed by atoms with Crippen LogP contribution in [0.25, 0.3) is 0 Å². The fraction of sp³-hybridized carbons (Fsp3) is 0.250.